The minimum atomic E-state index is -0.398. The lowest BCUT2D eigenvalue weighted by atomic mass is 9.87. The van der Waals surface area contributed by atoms with Crippen LogP contribution in [0, 0.1) is 12.8 Å². The third-order valence-corrected chi connectivity index (χ3v) is 12.5. The third kappa shape index (κ3) is 8.08. The molecule has 0 radical (unpaired) electrons. The van der Waals surface area contributed by atoms with E-state index in [0.717, 1.165) is 95.6 Å². The van der Waals surface area contributed by atoms with Crippen LogP contribution in [-0.4, -0.2) is 87.1 Å². The highest BCUT2D eigenvalue weighted by Crippen LogP contribution is 2.37. The van der Waals surface area contributed by atoms with Crippen LogP contribution in [0.4, 0.5) is 16.2 Å². The Hall–Kier alpha value is -6.15. The van der Waals surface area contributed by atoms with Gasteiger partial charge < -0.3 is 24.6 Å². The Morgan fingerprint density at radius 3 is 2.38 bits per heavy atom. The second-order valence-electron chi connectivity index (χ2n) is 17.6. The number of aromatic nitrogens is 5. The van der Waals surface area contributed by atoms with Gasteiger partial charge in [0, 0.05) is 72.4 Å². The van der Waals surface area contributed by atoms with Crippen molar-refractivity contribution in [2.45, 2.75) is 77.7 Å². The summed E-state index contributed by atoms with van der Waals surface area (Å²) in [4.78, 5) is 60.5. The molecule has 0 bridgehead atoms. The first-order valence-corrected chi connectivity index (χ1v) is 21.1. The van der Waals surface area contributed by atoms with Crippen LogP contribution in [0.2, 0.25) is 0 Å². The number of urea groups is 1. The van der Waals surface area contributed by atoms with E-state index in [-0.39, 0.29) is 23.2 Å². The van der Waals surface area contributed by atoms with E-state index in [1.54, 1.807) is 11.2 Å². The Kier molecular flexibility index (Phi) is 10.6. The van der Waals surface area contributed by atoms with Gasteiger partial charge in [-0.15, -0.1) is 0 Å². The van der Waals surface area contributed by atoms with Crippen molar-refractivity contribution in [2.24, 2.45) is 5.92 Å². The number of fused-ring (bicyclic) bond motifs is 3. The van der Waals surface area contributed by atoms with Crippen molar-refractivity contribution in [3.63, 3.8) is 0 Å². The Bertz CT molecular complexity index is 2560. The summed E-state index contributed by atoms with van der Waals surface area (Å²) in [6.45, 7) is 14.1. The van der Waals surface area contributed by atoms with E-state index in [9.17, 15) is 14.4 Å². The zero-order chi connectivity index (χ0) is 41.5. The minimum Gasteiger partial charge on any atom is -0.372 e. The molecular formula is C46H52N10O4. The summed E-state index contributed by atoms with van der Waals surface area (Å²) in [7, 11) is 0. The Morgan fingerprint density at radius 1 is 0.900 bits per heavy atom. The molecule has 60 heavy (non-hydrogen) atoms. The number of H-pyrrole nitrogens is 1. The maximum atomic E-state index is 12.8. The lowest BCUT2D eigenvalue weighted by Crippen LogP contribution is -2.49. The number of amides is 4. The highest BCUT2D eigenvalue weighted by Gasteiger charge is 2.28. The summed E-state index contributed by atoms with van der Waals surface area (Å²) < 4.78 is 5.21. The monoisotopic (exact) mass is 808 g/mol. The average molecular weight is 809 g/mol. The van der Waals surface area contributed by atoms with Crippen molar-refractivity contribution in [1.82, 2.24) is 40.6 Å². The molecule has 14 nitrogen and oxygen atoms in total. The first-order chi connectivity index (χ1) is 29.0. The zero-order valence-corrected chi connectivity index (χ0v) is 34.8. The van der Waals surface area contributed by atoms with Gasteiger partial charge in [0.1, 0.15) is 12.0 Å². The van der Waals surface area contributed by atoms with Gasteiger partial charge in [0.15, 0.2) is 5.82 Å². The predicted molar refractivity (Wildman–Crippen MR) is 231 cm³/mol. The molecule has 6 heterocycles. The maximum absolute atomic E-state index is 12.8. The number of hydrogen-bond acceptors (Lipinski definition) is 10. The number of benzene rings is 3. The van der Waals surface area contributed by atoms with E-state index in [4.69, 9.17) is 9.51 Å². The molecule has 14 heteroatoms. The average Bonchev–Trinajstić information content (AvgIpc) is 3.90. The van der Waals surface area contributed by atoms with Crippen molar-refractivity contribution in [1.29, 1.82) is 0 Å². The van der Waals surface area contributed by atoms with Gasteiger partial charge in [0.25, 0.3) is 0 Å². The smallest absolute Gasteiger partial charge is 0.328 e. The van der Waals surface area contributed by atoms with Crippen LogP contribution in [0.1, 0.15) is 92.0 Å². The number of anilines is 2. The molecule has 3 N–H and O–H groups in total. The van der Waals surface area contributed by atoms with Crippen molar-refractivity contribution >= 4 is 51.2 Å². The van der Waals surface area contributed by atoms with Crippen molar-refractivity contribution in [3.05, 3.63) is 95.4 Å². The quantitative estimate of drug-likeness (QED) is 0.136. The molecule has 0 aliphatic carbocycles. The summed E-state index contributed by atoms with van der Waals surface area (Å²) >= 11 is 0. The van der Waals surface area contributed by atoms with Crippen molar-refractivity contribution in [3.8, 4) is 11.3 Å². The number of imide groups is 1. The van der Waals surface area contributed by atoms with Gasteiger partial charge in [0.2, 0.25) is 5.91 Å². The summed E-state index contributed by atoms with van der Waals surface area (Å²) in [5.41, 5.74) is 8.84. The van der Waals surface area contributed by atoms with Gasteiger partial charge in [-0.25, -0.2) is 14.8 Å². The lowest BCUT2D eigenvalue weighted by Gasteiger charge is -2.38. The molecule has 0 spiro atoms. The summed E-state index contributed by atoms with van der Waals surface area (Å²) in [5, 5.41) is 11.4. The van der Waals surface area contributed by atoms with Crippen LogP contribution in [0.3, 0.4) is 0 Å². The van der Waals surface area contributed by atoms with E-state index >= 15 is 0 Å². The lowest BCUT2D eigenvalue weighted by molar-refractivity contribution is -0.120. The van der Waals surface area contributed by atoms with Gasteiger partial charge in [-0.2, -0.15) is 4.98 Å². The molecular weight excluding hydrogens is 757 g/mol. The van der Waals surface area contributed by atoms with Crippen LogP contribution in [-0.2, 0) is 16.8 Å². The Morgan fingerprint density at radius 2 is 1.67 bits per heavy atom. The van der Waals surface area contributed by atoms with Gasteiger partial charge >= 0.3 is 17.8 Å². The SMILES string of the molecule is Cc1cc(-c2ncnc3[nH]c4cc(C5CCN(CC6CCN(c7ccc(N8CCC(=O)NC8=O)cc7)CC6)CC5)ccc4c23)ccc1CNC(=O)c1nc(C(C)(C)C)no1. The summed E-state index contributed by atoms with van der Waals surface area (Å²) in [6, 6.07) is 20.8. The highest BCUT2D eigenvalue weighted by atomic mass is 16.5. The second kappa shape index (κ2) is 16.1. The molecule has 4 amide bonds. The van der Waals surface area contributed by atoms with Gasteiger partial charge in [0.05, 0.1) is 11.1 Å². The fourth-order valence-electron chi connectivity index (χ4n) is 8.97. The van der Waals surface area contributed by atoms with Gasteiger partial charge in [-0.1, -0.05) is 50.2 Å². The molecule has 310 valence electrons. The van der Waals surface area contributed by atoms with E-state index in [0.29, 0.717) is 37.2 Å². The second-order valence-corrected chi connectivity index (χ2v) is 17.6. The fourth-order valence-corrected chi connectivity index (χ4v) is 8.97. The number of nitrogens with one attached hydrogen (secondary N) is 3. The van der Waals surface area contributed by atoms with Crippen LogP contribution in [0.15, 0.2) is 71.5 Å². The molecule has 3 aliphatic heterocycles. The Balaban J connectivity index is 0.789. The minimum absolute atomic E-state index is 0.0381. The number of aromatic amines is 1. The fraction of sp³-hybridized carbons (Fsp3) is 0.413. The molecule has 3 aromatic heterocycles. The number of nitrogens with zero attached hydrogens (tertiary/aromatic N) is 7. The van der Waals surface area contributed by atoms with E-state index in [1.807, 2.05) is 45.9 Å². The Labute approximate surface area is 349 Å². The summed E-state index contributed by atoms with van der Waals surface area (Å²) in [6.07, 6.45) is 6.57. The number of carbonyl (C=O) groups is 3. The molecule has 6 aromatic rings. The molecule has 3 saturated heterocycles. The number of carbonyl (C=O) groups excluding carboxylic acids is 3. The van der Waals surface area contributed by atoms with Crippen molar-refractivity contribution in [2.75, 3.05) is 49.1 Å². The van der Waals surface area contributed by atoms with E-state index in [1.165, 1.54) is 24.1 Å². The number of rotatable bonds is 9. The number of piperidine rings is 2. The van der Waals surface area contributed by atoms with Gasteiger partial charge in [-0.05, 0) is 111 Å². The van der Waals surface area contributed by atoms with Gasteiger partial charge in [-0.3, -0.25) is 19.8 Å². The molecule has 0 saturated carbocycles. The zero-order valence-electron chi connectivity index (χ0n) is 34.8. The van der Waals surface area contributed by atoms with Crippen LogP contribution >= 0.6 is 0 Å². The molecule has 3 aliphatic rings. The highest BCUT2D eigenvalue weighted by molar-refractivity contribution is 6.12. The number of likely N-dealkylation sites (tertiary alicyclic amines) is 1. The first-order valence-electron chi connectivity index (χ1n) is 21.1. The molecule has 0 atom stereocenters. The summed E-state index contributed by atoms with van der Waals surface area (Å²) in [5.74, 6) is 1.05. The number of hydrogen-bond donors (Lipinski definition) is 3. The predicted octanol–water partition coefficient (Wildman–Crippen LogP) is 7.24. The molecule has 0 unspecified atom stereocenters. The van der Waals surface area contributed by atoms with E-state index in [2.05, 4.69) is 83.0 Å². The third-order valence-electron chi connectivity index (χ3n) is 12.5. The standard InChI is InChI=1S/C46H52N10O4/c1-28-23-32(5-6-33(28)25-47-42(58)43-52-44(53-60-43)46(2,3)4)40-39-36-12-7-31(24-37(36)50-41(39)49-27-48-40)30-15-18-54(19-16-30)26-29-13-20-55(21-14-29)34-8-10-35(11-9-34)56-22-17-38(57)51-45(56)59/h5-12,23-24,27,29-30H,13-22,25-26H2,1-4H3,(H,47,58)(H,48,49,50)(H,51,57,59). The van der Waals surface area contributed by atoms with E-state index < -0.39 is 5.91 Å². The molecule has 3 fully saturated rings. The first kappa shape index (κ1) is 39.3. The normalized spacial score (nSPS) is 17.5. The molecule has 3 aromatic carbocycles. The number of aryl methyl sites for hydroxylation is 1. The van der Waals surface area contributed by atoms with Crippen LogP contribution in [0.25, 0.3) is 33.2 Å². The topological polar surface area (TPSA) is 165 Å². The largest absolute Gasteiger partial charge is 0.372 e. The maximum Gasteiger partial charge on any atom is 0.328 e. The van der Waals surface area contributed by atoms with Crippen molar-refractivity contribution < 1.29 is 18.9 Å². The van der Waals surface area contributed by atoms with Crippen LogP contribution < -0.4 is 20.4 Å². The van der Waals surface area contributed by atoms with Crippen LogP contribution in [0.5, 0.6) is 0 Å². The molecule has 9 rings (SSSR count).